The van der Waals surface area contributed by atoms with Crippen molar-refractivity contribution in [2.75, 3.05) is 11.1 Å². The summed E-state index contributed by atoms with van der Waals surface area (Å²) in [5.41, 5.74) is 11.4. The molecule has 2 unspecified atom stereocenters. The molecule has 5 N–H and O–H groups in total. The highest BCUT2D eigenvalue weighted by atomic mass is 16.6. The zero-order valence-electron chi connectivity index (χ0n) is 10.0. The molecule has 7 heteroatoms. The molecule has 18 heavy (non-hydrogen) atoms. The number of rotatable bonds is 3. The Labute approximate surface area is 105 Å². The van der Waals surface area contributed by atoms with Crippen molar-refractivity contribution < 1.29 is 4.92 Å². The molecule has 2 rings (SSSR count). The molecule has 1 heterocycles. The largest absolute Gasteiger partial charge is 0.378 e. The number of nitro groups is 1. The Kier molecular flexibility index (Phi) is 3.61. The molecule has 1 aromatic rings. The topological polar surface area (TPSA) is 120 Å². The highest BCUT2D eigenvalue weighted by Gasteiger charge is 2.22. The van der Waals surface area contributed by atoms with E-state index in [2.05, 4.69) is 10.3 Å². The average molecular weight is 251 g/mol. The fourth-order valence-electron chi connectivity index (χ4n) is 2.23. The molecule has 0 saturated heterocycles. The predicted molar refractivity (Wildman–Crippen MR) is 69.2 cm³/mol. The van der Waals surface area contributed by atoms with E-state index in [1.165, 1.54) is 6.07 Å². The second kappa shape index (κ2) is 5.18. The van der Waals surface area contributed by atoms with Crippen LogP contribution in [0, 0.1) is 10.1 Å². The number of pyridine rings is 1. The van der Waals surface area contributed by atoms with Crippen molar-refractivity contribution in [2.24, 2.45) is 5.73 Å². The average Bonchev–Trinajstić information content (AvgIpc) is 2.32. The Morgan fingerprint density at radius 1 is 1.39 bits per heavy atom. The van der Waals surface area contributed by atoms with Gasteiger partial charge in [0.25, 0.3) is 0 Å². The summed E-state index contributed by atoms with van der Waals surface area (Å²) in [5.74, 6) is 0.467. The molecular weight excluding hydrogens is 234 g/mol. The summed E-state index contributed by atoms with van der Waals surface area (Å²) in [4.78, 5) is 14.1. The molecule has 1 aromatic heterocycles. The smallest absolute Gasteiger partial charge is 0.311 e. The molecule has 2 atom stereocenters. The van der Waals surface area contributed by atoms with Crippen molar-refractivity contribution in [3.05, 3.63) is 22.2 Å². The highest BCUT2D eigenvalue weighted by Crippen LogP contribution is 2.24. The van der Waals surface area contributed by atoms with E-state index in [-0.39, 0.29) is 23.6 Å². The number of hydrogen-bond donors (Lipinski definition) is 3. The van der Waals surface area contributed by atoms with Crippen LogP contribution in [0.3, 0.4) is 0 Å². The fourth-order valence-corrected chi connectivity index (χ4v) is 2.23. The molecule has 1 aliphatic carbocycles. The molecule has 0 aliphatic heterocycles. The molecule has 0 aromatic carbocycles. The Balaban J connectivity index is 2.10. The SMILES string of the molecule is Nc1nc(NC2CCCCC2N)ccc1[N+](=O)[O-]. The van der Waals surface area contributed by atoms with Crippen molar-refractivity contribution in [1.82, 2.24) is 4.98 Å². The van der Waals surface area contributed by atoms with Crippen molar-refractivity contribution in [1.29, 1.82) is 0 Å². The summed E-state index contributed by atoms with van der Waals surface area (Å²) in [6.45, 7) is 0. The maximum atomic E-state index is 10.6. The van der Waals surface area contributed by atoms with Crippen LogP contribution in [0.25, 0.3) is 0 Å². The minimum Gasteiger partial charge on any atom is -0.378 e. The summed E-state index contributed by atoms with van der Waals surface area (Å²) in [6, 6.07) is 3.18. The van der Waals surface area contributed by atoms with Gasteiger partial charge < -0.3 is 16.8 Å². The first-order chi connectivity index (χ1) is 8.58. The Bertz CT molecular complexity index is 451. The number of nitrogens with zero attached hydrogens (tertiary/aromatic N) is 2. The number of aromatic nitrogens is 1. The van der Waals surface area contributed by atoms with Crippen molar-refractivity contribution in [3.8, 4) is 0 Å². The molecule has 1 aliphatic rings. The van der Waals surface area contributed by atoms with Crippen LogP contribution in [-0.2, 0) is 0 Å². The molecule has 1 fully saturated rings. The number of hydrogen-bond acceptors (Lipinski definition) is 6. The summed E-state index contributed by atoms with van der Waals surface area (Å²) < 4.78 is 0. The number of anilines is 2. The highest BCUT2D eigenvalue weighted by molar-refractivity contribution is 5.57. The van der Waals surface area contributed by atoms with Gasteiger partial charge in [-0.1, -0.05) is 12.8 Å². The minimum absolute atomic E-state index is 0.0746. The normalized spacial score (nSPS) is 23.6. The third kappa shape index (κ3) is 2.67. The van der Waals surface area contributed by atoms with E-state index in [0.717, 1.165) is 25.7 Å². The van der Waals surface area contributed by atoms with E-state index in [1.807, 2.05) is 0 Å². The molecular formula is C11H17N5O2. The minimum atomic E-state index is -0.543. The van der Waals surface area contributed by atoms with Crippen LogP contribution >= 0.6 is 0 Å². The zero-order chi connectivity index (χ0) is 13.1. The van der Waals surface area contributed by atoms with Gasteiger partial charge in [-0.25, -0.2) is 4.98 Å². The predicted octanol–water partition coefficient (Wildman–Crippen LogP) is 1.25. The second-order valence-electron chi connectivity index (χ2n) is 4.56. The quantitative estimate of drug-likeness (QED) is 0.549. The Morgan fingerprint density at radius 2 is 2.11 bits per heavy atom. The molecule has 0 bridgehead atoms. The lowest BCUT2D eigenvalue weighted by Crippen LogP contribution is -2.42. The Morgan fingerprint density at radius 3 is 2.72 bits per heavy atom. The van der Waals surface area contributed by atoms with E-state index >= 15 is 0 Å². The van der Waals surface area contributed by atoms with Crippen molar-refractivity contribution in [3.63, 3.8) is 0 Å². The van der Waals surface area contributed by atoms with E-state index < -0.39 is 4.92 Å². The number of nitrogen functional groups attached to an aromatic ring is 1. The first-order valence-corrected chi connectivity index (χ1v) is 6.01. The van der Waals surface area contributed by atoms with E-state index in [0.29, 0.717) is 5.82 Å². The third-order valence-electron chi connectivity index (χ3n) is 3.25. The molecule has 1 saturated carbocycles. The van der Waals surface area contributed by atoms with Gasteiger partial charge in [-0.3, -0.25) is 10.1 Å². The van der Waals surface area contributed by atoms with Gasteiger partial charge in [-0.05, 0) is 18.9 Å². The summed E-state index contributed by atoms with van der Waals surface area (Å²) in [6.07, 6.45) is 4.25. The fraction of sp³-hybridized carbons (Fsp3) is 0.545. The van der Waals surface area contributed by atoms with Crippen LogP contribution in [0.1, 0.15) is 25.7 Å². The first-order valence-electron chi connectivity index (χ1n) is 6.01. The van der Waals surface area contributed by atoms with Crippen LogP contribution < -0.4 is 16.8 Å². The third-order valence-corrected chi connectivity index (χ3v) is 3.25. The zero-order valence-corrected chi connectivity index (χ0v) is 10.0. The van der Waals surface area contributed by atoms with E-state index in [4.69, 9.17) is 11.5 Å². The maximum Gasteiger partial charge on any atom is 0.311 e. The van der Waals surface area contributed by atoms with Gasteiger partial charge >= 0.3 is 5.69 Å². The lowest BCUT2D eigenvalue weighted by Gasteiger charge is -2.29. The van der Waals surface area contributed by atoms with Crippen LogP contribution in [0.4, 0.5) is 17.3 Å². The molecule has 0 spiro atoms. The van der Waals surface area contributed by atoms with Crippen molar-refractivity contribution in [2.45, 2.75) is 37.8 Å². The molecule has 0 radical (unpaired) electrons. The monoisotopic (exact) mass is 251 g/mol. The van der Waals surface area contributed by atoms with Gasteiger partial charge in [-0.2, -0.15) is 0 Å². The van der Waals surface area contributed by atoms with Gasteiger partial charge in [0.05, 0.1) is 4.92 Å². The van der Waals surface area contributed by atoms with Crippen LogP contribution in [-0.4, -0.2) is 22.0 Å². The molecule has 98 valence electrons. The number of nitrogens with one attached hydrogen (secondary N) is 1. The van der Waals surface area contributed by atoms with Crippen LogP contribution in [0.2, 0.25) is 0 Å². The molecule has 7 nitrogen and oxygen atoms in total. The first kappa shape index (κ1) is 12.6. The number of nitrogens with two attached hydrogens (primary N) is 2. The second-order valence-corrected chi connectivity index (χ2v) is 4.56. The van der Waals surface area contributed by atoms with Gasteiger partial charge in [0.1, 0.15) is 5.82 Å². The van der Waals surface area contributed by atoms with Crippen molar-refractivity contribution >= 4 is 17.3 Å². The van der Waals surface area contributed by atoms with Gasteiger partial charge in [-0.15, -0.1) is 0 Å². The lowest BCUT2D eigenvalue weighted by atomic mass is 9.91. The summed E-state index contributed by atoms with van der Waals surface area (Å²) >= 11 is 0. The van der Waals surface area contributed by atoms with Crippen LogP contribution in [0.15, 0.2) is 12.1 Å². The van der Waals surface area contributed by atoms with E-state index in [9.17, 15) is 10.1 Å². The lowest BCUT2D eigenvalue weighted by molar-refractivity contribution is -0.384. The standard InChI is InChI=1S/C11H17N5O2/c12-7-3-1-2-4-8(7)14-10-6-5-9(16(17)18)11(13)15-10/h5-8H,1-4,12H2,(H3,13,14,15). The van der Waals surface area contributed by atoms with Gasteiger partial charge in [0.2, 0.25) is 5.82 Å². The van der Waals surface area contributed by atoms with Crippen LogP contribution in [0.5, 0.6) is 0 Å². The van der Waals surface area contributed by atoms with Gasteiger partial charge in [0.15, 0.2) is 0 Å². The maximum absolute atomic E-state index is 10.6. The summed E-state index contributed by atoms with van der Waals surface area (Å²) in [7, 11) is 0. The van der Waals surface area contributed by atoms with Gasteiger partial charge in [0, 0.05) is 18.2 Å². The summed E-state index contributed by atoms with van der Waals surface area (Å²) in [5, 5.41) is 13.8. The molecule has 0 amide bonds. The van der Waals surface area contributed by atoms with E-state index in [1.54, 1.807) is 6.07 Å². The Hall–Kier alpha value is -1.89.